The third-order valence-corrected chi connectivity index (χ3v) is 3.70. The normalized spacial score (nSPS) is 13.6. The second-order valence-electron chi connectivity index (χ2n) is 5.74. The zero-order valence-corrected chi connectivity index (χ0v) is 13.5. The van der Waals surface area contributed by atoms with Gasteiger partial charge in [-0.05, 0) is 32.1 Å². The number of carboxylic acid groups (broad SMARTS) is 1. The Morgan fingerprint density at radius 1 is 0.955 bits per heavy atom. The van der Waals surface area contributed by atoms with Crippen molar-refractivity contribution in [2.24, 2.45) is 5.92 Å². The molecule has 0 aromatic heterocycles. The summed E-state index contributed by atoms with van der Waals surface area (Å²) in [5, 5.41) is 8.55. The zero-order chi connectivity index (χ0) is 16.8. The van der Waals surface area contributed by atoms with Crippen LogP contribution in [0, 0.1) is 5.92 Å². The number of carboxylic acids is 1. The number of hydrogen-bond acceptors (Lipinski definition) is 1. The summed E-state index contributed by atoms with van der Waals surface area (Å²) in [6, 6.07) is 0. The Bertz CT molecular complexity index is 312. The molecule has 1 atom stereocenters. The van der Waals surface area contributed by atoms with Crippen LogP contribution in [-0.4, -0.2) is 17.3 Å². The zero-order valence-electron chi connectivity index (χ0n) is 13.5. The lowest BCUT2D eigenvalue weighted by Gasteiger charge is -2.15. The second-order valence-corrected chi connectivity index (χ2v) is 5.74. The largest absolute Gasteiger partial charge is 0.481 e. The van der Waals surface area contributed by atoms with Gasteiger partial charge in [0.25, 0.3) is 0 Å². The van der Waals surface area contributed by atoms with Crippen LogP contribution in [0.2, 0.25) is 0 Å². The Hall–Kier alpha value is -1.00. The van der Waals surface area contributed by atoms with Crippen molar-refractivity contribution in [1.29, 1.82) is 0 Å². The minimum absolute atomic E-state index is 0.290. The molecule has 0 aliphatic rings. The molecule has 0 bridgehead atoms. The van der Waals surface area contributed by atoms with Gasteiger partial charge >= 0.3 is 12.1 Å². The molecule has 0 aliphatic heterocycles. The van der Waals surface area contributed by atoms with Crippen LogP contribution in [0.25, 0.3) is 0 Å². The van der Waals surface area contributed by atoms with E-state index in [1.165, 1.54) is 32.1 Å². The minimum atomic E-state index is -4.64. The summed E-state index contributed by atoms with van der Waals surface area (Å²) < 4.78 is 37.2. The van der Waals surface area contributed by atoms with Crippen molar-refractivity contribution < 1.29 is 23.1 Å². The first-order valence-electron chi connectivity index (χ1n) is 8.34. The average molecular weight is 322 g/mol. The van der Waals surface area contributed by atoms with Crippen LogP contribution in [0.3, 0.4) is 0 Å². The highest BCUT2D eigenvalue weighted by Gasteiger charge is 2.44. The van der Waals surface area contributed by atoms with Gasteiger partial charge in [-0.1, -0.05) is 57.6 Å². The molecule has 0 radical (unpaired) electrons. The molecule has 0 amide bonds. The first-order chi connectivity index (χ1) is 10.4. The molecule has 1 unspecified atom stereocenters. The molecular formula is C17H29F3O2. The average Bonchev–Trinajstić information content (AvgIpc) is 2.42. The number of unbranched alkanes of at least 4 members (excludes halogenated alkanes) is 8. The van der Waals surface area contributed by atoms with Gasteiger partial charge in [0, 0.05) is 0 Å². The molecule has 130 valence electrons. The van der Waals surface area contributed by atoms with E-state index in [2.05, 4.69) is 13.0 Å². The van der Waals surface area contributed by atoms with Gasteiger partial charge in [0.05, 0.1) is 0 Å². The number of carbonyl (C=O) groups is 1. The topological polar surface area (TPSA) is 37.3 Å². The Balaban J connectivity index is 3.56. The maximum atomic E-state index is 12.4. The SMILES string of the molecule is CCCCCCCC/C=C/CCCCC(C(=O)O)C(F)(F)F. The van der Waals surface area contributed by atoms with Crippen LogP contribution < -0.4 is 0 Å². The van der Waals surface area contributed by atoms with Crippen molar-refractivity contribution in [2.75, 3.05) is 0 Å². The summed E-state index contributed by atoms with van der Waals surface area (Å²) in [4.78, 5) is 10.5. The summed E-state index contributed by atoms with van der Waals surface area (Å²) in [6.45, 7) is 2.19. The Morgan fingerprint density at radius 3 is 1.95 bits per heavy atom. The van der Waals surface area contributed by atoms with Gasteiger partial charge in [-0.2, -0.15) is 13.2 Å². The van der Waals surface area contributed by atoms with Crippen LogP contribution in [-0.2, 0) is 4.79 Å². The van der Waals surface area contributed by atoms with E-state index in [1.54, 1.807) is 0 Å². The van der Waals surface area contributed by atoms with Crippen molar-refractivity contribution in [1.82, 2.24) is 0 Å². The Morgan fingerprint density at radius 2 is 1.45 bits per heavy atom. The van der Waals surface area contributed by atoms with E-state index in [-0.39, 0.29) is 12.8 Å². The minimum Gasteiger partial charge on any atom is -0.481 e. The highest BCUT2D eigenvalue weighted by molar-refractivity contribution is 5.70. The molecule has 0 spiro atoms. The van der Waals surface area contributed by atoms with E-state index in [4.69, 9.17) is 5.11 Å². The molecule has 5 heteroatoms. The van der Waals surface area contributed by atoms with Crippen molar-refractivity contribution in [3.63, 3.8) is 0 Å². The van der Waals surface area contributed by atoms with E-state index in [9.17, 15) is 18.0 Å². The predicted octanol–water partition coefficient (Wildman–Crippen LogP) is 6.12. The number of rotatable bonds is 13. The van der Waals surface area contributed by atoms with E-state index in [1.807, 2.05) is 6.08 Å². The molecule has 1 N–H and O–H groups in total. The molecule has 0 heterocycles. The highest BCUT2D eigenvalue weighted by atomic mass is 19.4. The third-order valence-electron chi connectivity index (χ3n) is 3.70. The van der Waals surface area contributed by atoms with Crippen LogP contribution in [0.15, 0.2) is 12.2 Å². The van der Waals surface area contributed by atoms with Crippen LogP contribution in [0.5, 0.6) is 0 Å². The van der Waals surface area contributed by atoms with Crippen molar-refractivity contribution >= 4 is 5.97 Å². The van der Waals surface area contributed by atoms with Gasteiger partial charge in [-0.25, -0.2) is 0 Å². The van der Waals surface area contributed by atoms with Crippen LogP contribution in [0.1, 0.15) is 77.6 Å². The Labute approximate surface area is 131 Å². The Kier molecular flexibility index (Phi) is 12.0. The maximum Gasteiger partial charge on any atom is 0.402 e. The second kappa shape index (κ2) is 12.5. The summed E-state index contributed by atoms with van der Waals surface area (Å²) >= 11 is 0. The molecule has 0 saturated heterocycles. The van der Waals surface area contributed by atoms with Gasteiger partial charge in [-0.15, -0.1) is 0 Å². The van der Waals surface area contributed by atoms with Crippen molar-refractivity contribution in [3.8, 4) is 0 Å². The van der Waals surface area contributed by atoms with Crippen molar-refractivity contribution in [3.05, 3.63) is 12.2 Å². The summed E-state index contributed by atoms with van der Waals surface area (Å²) in [5.41, 5.74) is 0. The van der Waals surface area contributed by atoms with Crippen molar-refractivity contribution in [2.45, 2.75) is 83.7 Å². The fraction of sp³-hybridized carbons (Fsp3) is 0.824. The highest BCUT2D eigenvalue weighted by Crippen LogP contribution is 2.30. The number of alkyl halides is 3. The smallest absolute Gasteiger partial charge is 0.402 e. The lowest BCUT2D eigenvalue weighted by molar-refractivity contribution is -0.194. The van der Waals surface area contributed by atoms with Gasteiger partial charge < -0.3 is 5.11 Å². The number of hydrogen-bond donors (Lipinski definition) is 1. The fourth-order valence-electron chi connectivity index (χ4n) is 2.32. The molecule has 0 rings (SSSR count). The van der Waals surface area contributed by atoms with Crippen LogP contribution >= 0.6 is 0 Å². The predicted molar refractivity (Wildman–Crippen MR) is 82.8 cm³/mol. The molecule has 2 nitrogen and oxygen atoms in total. The molecule has 0 aromatic rings. The number of halogens is 3. The molecule has 0 aliphatic carbocycles. The van der Waals surface area contributed by atoms with Gasteiger partial charge in [0.2, 0.25) is 0 Å². The fourth-order valence-corrected chi connectivity index (χ4v) is 2.32. The molecular weight excluding hydrogens is 293 g/mol. The quantitative estimate of drug-likeness (QED) is 0.328. The third kappa shape index (κ3) is 11.6. The van der Waals surface area contributed by atoms with E-state index in [0.29, 0.717) is 6.42 Å². The van der Waals surface area contributed by atoms with E-state index >= 15 is 0 Å². The van der Waals surface area contributed by atoms with Gasteiger partial charge in [0.1, 0.15) is 0 Å². The summed E-state index contributed by atoms with van der Waals surface area (Å²) in [7, 11) is 0. The summed E-state index contributed by atoms with van der Waals surface area (Å²) in [6.07, 6.45) is 9.25. The first kappa shape index (κ1) is 21.0. The molecule has 22 heavy (non-hydrogen) atoms. The molecule has 0 saturated carbocycles. The lowest BCUT2D eigenvalue weighted by Crippen LogP contribution is -2.30. The number of aliphatic carboxylic acids is 1. The standard InChI is InChI=1S/C17H29F3O2/c1-2-3-4-5-6-7-8-9-10-11-12-13-14-15(16(21)22)17(18,19)20/h9-10,15H,2-8,11-14H2,1H3,(H,21,22)/b10-9+. The van der Waals surface area contributed by atoms with Gasteiger partial charge in [0.15, 0.2) is 5.92 Å². The number of allylic oxidation sites excluding steroid dienone is 2. The molecule has 0 fully saturated rings. The maximum absolute atomic E-state index is 12.4. The lowest BCUT2D eigenvalue weighted by atomic mass is 10.0. The van der Waals surface area contributed by atoms with E-state index in [0.717, 1.165) is 19.3 Å². The molecule has 0 aromatic carbocycles. The first-order valence-corrected chi connectivity index (χ1v) is 8.34. The summed E-state index contributed by atoms with van der Waals surface area (Å²) in [5.74, 6) is -3.99. The van der Waals surface area contributed by atoms with Gasteiger partial charge in [-0.3, -0.25) is 4.79 Å². The monoisotopic (exact) mass is 322 g/mol. The van der Waals surface area contributed by atoms with E-state index < -0.39 is 18.1 Å². The van der Waals surface area contributed by atoms with Crippen LogP contribution in [0.4, 0.5) is 13.2 Å².